The number of carbonyl (C=O) groups excluding carboxylic acids is 1. The fraction of sp³-hybridized carbons (Fsp3) is 0.308. The molecule has 0 radical (unpaired) electrons. The highest BCUT2D eigenvalue weighted by atomic mass is 35.5. The number of rotatable bonds is 5. The lowest BCUT2D eigenvalue weighted by atomic mass is 10.1. The van der Waals surface area contributed by atoms with E-state index in [0.717, 1.165) is 0 Å². The van der Waals surface area contributed by atoms with Crippen LogP contribution in [0.1, 0.15) is 11.6 Å². The van der Waals surface area contributed by atoms with Gasteiger partial charge in [-0.25, -0.2) is 9.59 Å². The molecule has 23 heavy (non-hydrogen) atoms. The highest BCUT2D eigenvalue weighted by molar-refractivity contribution is 6.31. The van der Waals surface area contributed by atoms with Crippen LogP contribution in [-0.4, -0.2) is 57.7 Å². The molecular formula is C13H16ClNO8. The van der Waals surface area contributed by atoms with Gasteiger partial charge < -0.3 is 30.9 Å². The molecule has 6 N–H and O–H groups in total. The molecule has 0 aliphatic carbocycles. The number of aliphatic hydroxyl groups is 2. The number of benzene rings is 1. The minimum absolute atomic E-state index is 0.473. The molecular weight excluding hydrogens is 334 g/mol. The van der Waals surface area contributed by atoms with Crippen LogP contribution in [-0.2, 0) is 19.1 Å². The van der Waals surface area contributed by atoms with Crippen molar-refractivity contribution >= 4 is 29.5 Å². The van der Waals surface area contributed by atoms with E-state index in [2.05, 4.69) is 4.74 Å². The number of carbonyl (C=O) groups is 3. The maximum absolute atomic E-state index is 11.1. The first-order valence-electron chi connectivity index (χ1n) is 5.99. The van der Waals surface area contributed by atoms with Gasteiger partial charge in [0.25, 0.3) is 5.60 Å². The number of carboxylic acid groups (broad SMARTS) is 2. The Balaban J connectivity index is 0.000000438. The fourth-order valence-electron chi connectivity index (χ4n) is 1.21. The van der Waals surface area contributed by atoms with Crippen molar-refractivity contribution < 1.29 is 39.5 Å². The molecule has 0 amide bonds. The Morgan fingerprint density at radius 2 is 1.74 bits per heavy atom. The summed E-state index contributed by atoms with van der Waals surface area (Å²) in [5, 5.41) is 33.1. The van der Waals surface area contributed by atoms with Gasteiger partial charge in [-0.3, -0.25) is 4.79 Å². The van der Waals surface area contributed by atoms with Gasteiger partial charge in [0, 0.05) is 5.02 Å². The van der Waals surface area contributed by atoms with Crippen LogP contribution in [0.15, 0.2) is 24.3 Å². The number of ether oxygens (including phenoxy) is 1. The van der Waals surface area contributed by atoms with Crippen molar-refractivity contribution in [3.05, 3.63) is 34.9 Å². The molecule has 0 heterocycles. The van der Waals surface area contributed by atoms with E-state index in [1.807, 2.05) is 0 Å². The number of esters is 1. The molecule has 10 heteroatoms. The number of hydrogen-bond donors (Lipinski definition) is 5. The highest BCUT2D eigenvalue weighted by Crippen LogP contribution is 2.21. The molecule has 1 aromatic carbocycles. The van der Waals surface area contributed by atoms with E-state index in [4.69, 9.17) is 37.8 Å². The summed E-state index contributed by atoms with van der Waals surface area (Å²) in [6.45, 7) is -1.35. The second-order valence-electron chi connectivity index (χ2n) is 4.15. The number of aliphatic hydroxyl groups excluding tert-OH is 1. The Morgan fingerprint density at radius 3 is 2.04 bits per heavy atom. The average Bonchev–Trinajstić information content (AvgIpc) is 2.53. The predicted octanol–water partition coefficient (Wildman–Crippen LogP) is -0.608. The molecule has 0 saturated carbocycles. The Kier molecular flexibility index (Phi) is 8.19. The topological polar surface area (TPSA) is 167 Å². The zero-order valence-electron chi connectivity index (χ0n) is 12.0. The first kappa shape index (κ1) is 20.8. The molecule has 0 saturated heterocycles. The van der Waals surface area contributed by atoms with Crippen molar-refractivity contribution in [3.8, 4) is 0 Å². The molecule has 0 spiro atoms. The maximum Gasteiger partial charge on any atom is 0.350 e. The van der Waals surface area contributed by atoms with E-state index < -0.39 is 36.2 Å². The number of aliphatic carboxylic acids is 2. The van der Waals surface area contributed by atoms with Crippen LogP contribution in [0.3, 0.4) is 0 Å². The first-order chi connectivity index (χ1) is 10.6. The summed E-state index contributed by atoms with van der Waals surface area (Å²) in [4.78, 5) is 30.9. The van der Waals surface area contributed by atoms with Crippen LogP contribution in [0.2, 0.25) is 5.02 Å². The lowest BCUT2D eigenvalue weighted by molar-refractivity contribution is -0.180. The van der Waals surface area contributed by atoms with Crippen molar-refractivity contribution in [1.29, 1.82) is 0 Å². The summed E-state index contributed by atoms with van der Waals surface area (Å²) in [7, 11) is 1.29. The van der Waals surface area contributed by atoms with Crippen molar-refractivity contribution in [2.24, 2.45) is 5.73 Å². The number of carboxylic acids is 2. The number of methoxy groups -OCH3 is 1. The summed E-state index contributed by atoms with van der Waals surface area (Å²) in [6.07, 6.45) is 0. The van der Waals surface area contributed by atoms with Gasteiger partial charge in [0.05, 0.1) is 13.7 Å². The van der Waals surface area contributed by atoms with Crippen LogP contribution in [0.25, 0.3) is 0 Å². The molecule has 0 bridgehead atoms. The van der Waals surface area contributed by atoms with E-state index in [1.165, 1.54) is 7.11 Å². The SMILES string of the molecule is COC(=O)[C@H](N)c1ccccc1Cl.O=C(O)C(O)(CO)C(=O)O. The molecule has 128 valence electrons. The zero-order chi connectivity index (χ0) is 18.2. The van der Waals surface area contributed by atoms with Crippen LogP contribution in [0.4, 0.5) is 0 Å². The highest BCUT2D eigenvalue weighted by Gasteiger charge is 2.44. The lowest BCUT2D eigenvalue weighted by Crippen LogP contribution is -2.49. The molecule has 9 nitrogen and oxygen atoms in total. The van der Waals surface area contributed by atoms with Crippen molar-refractivity contribution in [3.63, 3.8) is 0 Å². The molecule has 0 unspecified atom stereocenters. The van der Waals surface area contributed by atoms with Crippen LogP contribution >= 0.6 is 11.6 Å². The van der Waals surface area contributed by atoms with E-state index in [9.17, 15) is 14.4 Å². The summed E-state index contributed by atoms with van der Waals surface area (Å²) in [5.74, 6) is -4.46. The number of nitrogens with two attached hydrogens (primary N) is 1. The molecule has 0 aromatic heterocycles. The van der Waals surface area contributed by atoms with E-state index >= 15 is 0 Å². The largest absolute Gasteiger partial charge is 0.479 e. The monoisotopic (exact) mass is 349 g/mol. The molecule has 0 aliphatic heterocycles. The van der Waals surface area contributed by atoms with Gasteiger partial charge in [-0.2, -0.15) is 0 Å². The Hall–Kier alpha value is -2.20. The normalized spacial score (nSPS) is 11.7. The zero-order valence-corrected chi connectivity index (χ0v) is 12.7. The smallest absolute Gasteiger partial charge is 0.350 e. The fourth-order valence-corrected chi connectivity index (χ4v) is 1.46. The molecule has 0 fully saturated rings. The molecule has 0 aliphatic rings. The van der Waals surface area contributed by atoms with Gasteiger partial charge in [-0.1, -0.05) is 29.8 Å². The van der Waals surface area contributed by atoms with Gasteiger partial charge in [0.15, 0.2) is 0 Å². The summed E-state index contributed by atoms with van der Waals surface area (Å²) >= 11 is 5.83. The minimum Gasteiger partial charge on any atom is -0.479 e. The molecule has 1 aromatic rings. The standard InChI is InChI=1S/C9H10ClNO2.C4H6O6/c1-13-9(12)8(11)6-4-2-3-5-7(6)10;5-1-4(10,2(6)7)3(8)9/h2-5,8H,11H2,1H3;5,10H,1H2,(H,6,7)(H,8,9)/t8-;/m1./s1. The molecule has 1 rings (SSSR count). The van der Waals surface area contributed by atoms with Crippen LogP contribution in [0.5, 0.6) is 0 Å². The van der Waals surface area contributed by atoms with Crippen molar-refractivity contribution in [2.45, 2.75) is 11.6 Å². The number of halogens is 1. The minimum atomic E-state index is -3.07. The van der Waals surface area contributed by atoms with E-state index in [1.54, 1.807) is 24.3 Å². The van der Waals surface area contributed by atoms with Gasteiger partial charge in [0.1, 0.15) is 6.04 Å². The Labute approximate surface area is 135 Å². The Morgan fingerprint density at radius 1 is 1.26 bits per heavy atom. The van der Waals surface area contributed by atoms with E-state index in [0.29, 0.717) is 10.6 Å². The maximum atomic E-state index is 11.1. The summed E-state index contributed by atoms with van der Waals surface area (Å²) in [6, 6.07) is 6.11. The lowest BCUT2D eigenvalue weighted by Gasteiger charge is -2.13. The summed E-state index contributed by atoms with van der Waals surface area (Å²) in [5.41, 5.74) is 3.10. The third-order valence-corrected chi connectivity index (χ3v) is 2.98. The first-order valence-corrected chi connectivity index (χ1v) is 6.37. The van der Waals surface area contributed by atoms with Gasteiger partial charge >= 0.3 is 17.9 Å². The Bertz CT molecular complexity index is 563. The molecule has 1 atom stereocenters. The average molecular weight is 350 g/mol. The summed E-state index contributed by atoms with van der Waals surface area (Å²) < 4.78 is 4.50. The van der Waals surface area contributed by atoms with Gasteiger partial charge in [0.2, 0.25) is 0 Å². The van der Waals surface area contributed by atoms with Crippen molar-refractivity contribution in [1.82, 2.24) is 0 Å². The predicted molar refractivity (Wildman–Crippen MR) is 77.7 cm³/mol. The third-order valence-electron chi connectivity index (χ3n) is 2.63. The van der Waals surface area contributed by atoms with Gasteiger partial charge in [-0.15, -0.1) is 0 Å². The van der Waals surface area contributed by atoms with E-state index in [-0.39, 0.29) is 0 Å². The van der Waals surface area contributed by atoms with Crippen molar-refractivity contribution in [2.75, 3.05) is 13.7 Å². The second kappa shape index (κ2) is 9.06. The van der Waals surface area contributed by atoms with Crippen LogP contribution in [0, 0.1) is 0 Å². The quantitative estimate of drug-likeness (QED) is 0.344. The third kappa shape index (κ3) is 5.49. The number of hydrogen-bond acceptors (Lipinski definition) is 7. The van der Waals surface area contributed by atoms with Gasteiger partial charge in [-0.05, 0) is 11.6 Å². The second-order valence-corrected chi connectivity index (χ2v) is 4.56. The van der Waals surface area contributed by atoms with Crippen LogP contribution < -0.4 is 5.73 Å².